The molecular formula is C40H52N6O6S. The molecule has 2 bridgehead atoms. The van der Waals surface area contributed by atoms with Crippen LogP contribution in [0.25, 0.3) is 0 Å². The molecule has 3 aromatic carbocycles. The highest BCUT2D eigenvalue weighted by Crippen LogP contribution is 2.61. The third-order valence-corrected chi connectivity index (χ3v) is 13.9. The van der Waals surface area contributed by atoms with E-state index in [1.807, 2.05) is 12.1 Å². The Balaban J connectivity index is 0.916. The Morgan fingerprint density at radius 3 is 2.36 bits per heavy atom. The number of ether oxygens (including phenoxy) is 1. The van der Waals surface area contributed by atoms with E-state index >= 15 is 0 Å². The fourth-order valence-electron chi connectivity index (χ4n) is 8.99. The molecule has 0 spiro atoms. The van der Waals surface area contributed by atoms with Gasteiger partial charge in [-0.05, 0) is 103 Å². The van der Waals surface area contributed by atoms with Crippen LogP contribution in [0, 0.1) is 39.2 Å². The first-order valence-electron chi connectivity index (χ1n) is 19.0. The lowest BCUT2D eigenvalue weighted by Crippen LogP contribution is -2.58. The highest BCUT2D eigenvalue weighted by molar-refractivity contribution is 7.90. The number of fused-ring (bicyclic) bond motifs is 2. The number of nitro benzene ring substituents is 1. The molecule has 5 fully saturated rings. The van der Waals surface area contributed by atoms with Gasteiger partial charge >= 0.3 is 0 Å². The van der Waals surface area contributed by atoms with E-state index in [9.17, 15) is 23.3 Å². The molecule has 3 aliphatic carbocycles. The second-order valence-electron chi connectivity index (χ2n) is 16.0. The van der Waals surface area contributed by atoms with E-state index in [1.54, 1.807) is 12.1 Å². The number of benzene rings is 3. The fraction of sp³-hybridized carbons (Fsp3) is 0.525. The molecule has 0 radical (unpaired) electrons. The van der Waals surface area contributed by atoms with Gasteiger partial charge in [-0.3, -0.25) is 19.8 Å². The van der Waals surface area contributed by atoms with E-state index < -0.39 is 20.9 Å². The molecule has 0 aromatic heterocycles. The van der Waals surface area contributed by atoms with Gasteiger partial charge in [0.05, 0.1) is 9.82 Å². The zero-order valence-corrected chi connectivity index (χ0v) is 31.7. The van der Waals surface area contributed by atoms with Gasteiger partial charge in [-0.2, -0.15) is 0 Å². The van der Waals surface area contributed by atoms with Crippen LogP contribution in [0.2, 0.25) is 0 Å². The standard InChI is InChI=1S/C40H52N6O6S/c1-27-34-22-31(40(34,2)3)23-37(27)42-35-7-5-4-6-30(35)26-44-16-18-45(19-17-44)32-10-8-29(9-11-32)39(47)43-53(50,51)33-12-13-36(38(24-33)46(48)49)41-25-28-14-20-52-21-15-28/h4-13,24,27-28,31,34,37,41-42H,14-23,25-26H2,1-3H3,(H,43,47)/t27-,31+,34-,37-/m1/s1. The van der Waals surface area contributed by atoms with Crippen LogP contribution in [0.3, 0.4) is 0 Å². The molecule has 0 unspecified atom stereocenters. The van der Waals surface area contributed by atoms with Crippen molar-refractivity contribution in [3.8, 4) is 0 Å². The lowest BCUT2D eigenvalue weighted by Gasteiger charge is -2.62. The number of nitrogens with zero attached hydrogens (tertiary/aromatic N) is 3. The average Bonchev–Trinajstić information content (AvgIpc) is 3.15. The number of nitrogens with one attached hydrogen (secondary N) is 3. The zero-order valence-electron chi connectivity index (χ0n) is 30.9. The van der Waals surface area contributed by atoms with Crippen LogP contribution in [0.4, 0.5) is 22.7 Å². The monoisotopic (exact) mass is 744 g/mol. The number of rotatable bonds is 12. The molecule has 3 aromatic rings. The molecule has 8 rings (SSSR count). The quantitative estimate of drug-likeness (QED) is 0.142. The van der Waals surface area contributed by atoms with Crippen LogP contribution in [0.1, 0.15) is 62.4 Å². The number of piperazine rings is 1. The van der Waals surface area contributed by atoms with Crippen LogP contribution >= 0.6 is 0 Å². The fourth-order valence-corrected chi connectivity index (χ4v) is 9.99. The number of sulfonamides is 1. The van der Waals surface area contributed by atoms with Gasteiger partial charge < -0.3 is 20.3 Å². The number of nitro groups is 1. The first-order valence-corrected chi connectivity index (χ1v) is 20.5. The third kappa shape index (κ3) is 8.02. The van der Waals surface area contributed by atoms with Crippen molar-refractivity contribution < 1.29 is 22.9 Å². The number of carbonyl (C=O) groups is 1. The van der Waals surface area contributed by atoms with Gasteiger partial charge in [0.15, 0.2) is 0 Å². The van der Waals surface area contributed by atoms with Crippen molar-refractivity contribution in [3.63, 3.8) is 0 Å². The first kappa shape index (κ1) is 37.1. The van der Waals surface area contributed by atoms with Crippen molar-refractivity contribution >= 4 is 38.7 Å². The van der Waals surface area contributed by atoms with Crippen LogP contribution in [0.5, 0.6) is 0 Å². The number of anilines is 3. The van der Waals surface area contributed by atoms with E-state index in [0.717, 1.165) is 69.2 Å². The molecule has 3 saturated carbocycles. The van der Waals surface area contributed by atoms with Crippen molar-refractivity contribution in [3.05, 3.63) is 88.0 Å². The van der Waals surface area contributed by atoms with Gasteiger partial charge in [0.1, 0.15) is 5.69 Å². The lowest BCUT2D eigenvalue weighted by molar-refractivity contribution is -0.384. The van der Waals surface area contributed by atoms with Gasteiger partial charge in [-0.1, -0.05) is 39.0 Å². The summed E-state index contributed by atoms with van der Waals surface area (Å²) >= 11 is 0. The predicted molar refractivity (Wildman–Crippen MR) is 207 cm³/mol. The van der Waals surface area contributed by atoms with Crippen molar-refractivity contribution in [1.29, 1.82) is 0 Å². The molecule has 12 nitrogen and oxygen atoms in total. The number of hydrogen-bond donors (Lipinski definition) is 3. The number of para-hydroxylation sites is 1. The molecule has 2 aliphatic heterocycles. The Bertz CT molecular complexity index is 1910. The summed E-state index contributed by atoms with van der Waals surface area (Å²) < 4.78 is 33.7. The molecule has 2 heterocycles. The van der Waals surface area contributed by atoms with E-state index in [0.29, 0.717) is 43.1 Å². The minimum atomic E-state index is -4.37. The smallest absolute Gasteiger partial charge is 0.293 e. The highest BCUT2D eigenvalue weighted by Gasteiger charge is 2.56. The zero-order chi connectivity index (χ0) is 37.3. The van der Waals surface area contributed by atoms with Crippen LogP contribution in [-0.2, 0) is 21.3 Å². The SMILES string of the molecule is C[C@@H]1[C@H]2C[C@@H](C[C@H]1Nc1ccccc1CN1CCN(c3ccc(C(=O)NS(=O)(=O)c4ccc(NCC5CCOCC5)c([N+](=O)[O-])c4)cc3)CC1)C2(C)C. The van der Waals surface area contributed by atoms with E-state index in [-0.39, 0.29) is 21.8 Å². The number of carbonyl (C=O) groups excluding carboxylic acids is 1. The second kappa shape index (κ2) is 15.3. The molecule has 284 valence electrons. The van der Waals surface area contributed by atoms with E-state index in [1.165, 1.54) is 36.2 Å². The molecule has 4 atom stereocenters. The Hall–Kier alpha value is -4.20. The van der Waals surface area contributed by atoms with Gasteiger partial charge in [-0.25, -0.2) is 13.1 Å². The minimum absolute atomic E-state index is 0.178. The summed E-state index contributed by atoms with van der Waals surface area (Å²) in [5.74, 6) is 1.76. The molecule has 13 heteroatoms. The van der Waals surface area contributed by atoms with Crippen molar-refractivity contribution in [2.45, 2.75) is 63.9 Å². The number of amides is 1. The Kier molecular flexibility index (Phi) is 10.7. The van der Waals surface area contributed by atoms with Crippen LogP contribution in [0.15, 0.2) is 71.6 Å². The van der Waals surface area contributed by atoms with Crippen molar-refractivity contribution in [2.24, 2.45) is 29.1 Å². The summed E-state index contributed by atoms with van der Waals surface area (Å²) in [6, 6.07) is 19.7. The van der Waals surface area contributed by atoms with Crippen molar-refractivity contribution in [1.82, 2.24) is 9.62 Å². The largest absolute Gasteiger partial charge is 0.382 e. The maximum atomic E-state index is 13.2. The molecule has 1 amide bonds. The summed E-state index contributed by atoms with van der Waals surface area (Å²) in [6.07, 6.45) is 4.31. The van der Waals surface area contributed by atoms with Gasteiger partial charge in [0.2, 0.25) is 0 Å². The average molecular weight is 745 g/mol. The summed E-state index contributed by atoms with van der Waals surface area (Å²) in [5.41, 5.74) is 4.03. The third-order valence-electron chi connectivity index (χ3n) is 12.6. The highest BCUT2D eigenvalue weighted by atomic mass is 32.2. The maximum Gasteiger partial charge on any atom is 0.293 e. The summed E-state index contributed by atoms with van der Waals surface area (Å²) in [4.78, 5) is 28.6. The van der Waals surface area contributed by atoms with Crippen LogP contribution < -0.4 is 20.3 Å². The Labute approximate surface area is 312 Å². The topological polar surface area (TPSA) is 146 Å². The second-order valence-corrected chi connectivity index (χ2v) is 17.7. The van der Waals surface area contributed by atoms with Gasteiger partial charge in [0, 0.05) is 81.5 Å². The van der Waals surface area contributed by atoms with Gasteiger partial charge in [0.25, 0.3) is 21.6 Å². The Morgan fingerprint density at radius 1 is 0.962 bits per heavy atom. The number of hydrogen-bond acceptors (Lipinski definition) is 10. The molecule has 2 saturated heterocycles. The molecule has 5 aliphatic rings. The first-order chi connectivity index (χ1) is 25.4. The molecule has 3 N–H and O–H groups in total. The van der Waals surface area contributed by atoms with E-state index in [2.05, 4.69) is 70.2 Å². The lowest BCUT2D eigenvalue weighted by atomic mass is 9.45. The summed E-state index contributed by atoms with van der Waals surface area (Å²) in [5, 5.41) is 18.9. The van der Waals surface area contributed by atoms with Gasteiger partial charge in [-0.15, -0.1) is 0 Å². The van der Waals surface area contributed by atoms with Crippen molar-refractivity contribution in [2.75, 3.05) is 61.5 Å². The minimum Gasteiger partial charge on any atom is -0.382 e. The molecular weight excluding hydrogens is 693 g/mol. The van der Waals surface area contributed by atoms with Crippen LogP contribution in [-0.4, -0.2) is 76.1 Å². The Morgan fingerprint density at radius 2 is 1.68 bits per heavy atom. The van der Waals surface area contributed by atoms with E-state index in [4.69, 9.17) is 4.74 Å². The predicted octanol–water partition coefficient (Wildman–Crippen LogP) is 6.36. The summed E-state index contributed by atoms with van der Waals surface area (Å²) in [7, 11) is -4.37. The maximum absolute atomic E-state index is 13.2. The molecule has 53 heavy (non-hydrogen) atoms. The normalized spacial score (nSPS) is 24.5. The summed E-state index contributed by atoms with van der Waals surface area (Å²) in [6.45, 7) is 13.4.